The van der Waals surface area contributed by atoms with Gasteiger partial charge in [0.15, 0.2) is 0 Å². The number of carbonyl (C=O) groups excluding carboxylic acids is 1. The third-order valence-electron chi connectivity index (χ3n) is 2.10. The Hall–Kier alpha value is -1.42. The van der Waals surface area contributed by atoms with Gasteiger partial charge in [0, 0.05) is 17.9 Å². The molecule has 0 saturated heterocycles. The minimum absolute atomic E-state index is 0.173. The maximum Gasteiger partial charge on any atom is 0.339 e. The molecule has 1 rings (SSSR count). The highest BCUT2D eigenvalue weighted by Crippen LogP contribution is 2.04. The van der Waals surface area contributed by atoms with E-state index in [1.54, 1.807) is 6.07 Å². The molecule has 82 valence electrons. The smallest absolute Gasteiger partial charge is 0.339 e. The van der Waals surface area contributed by atoms with E-state index in [2.05, 4.69) is 9.72 Å². The number of aromatic nitrogens is 1. The molecule has 4 nitrogen and oxygen atoms in total. The maximum absolute atomic E-state index is 11.1. The van der Waals surface area contributed by atoms with Crippen molar-refractivity contribution in [2.24, 2.45) is 5.73 Å². The molecule has 1 aromatic heterocycles. The van der Waals surface area contributed by atoms with Crippen LogP contribution in [-0.4, -0.2) is 24.1 Å². The second kappa shape index (κ2) is 5.46. The van der Waals surface area contributed by atoms with E-state index in [4.69, 9.17) is 5.73 Å². The Labute approximate surface area is 89.5 Å². The predicted octanol–water partition coefficient (Wildman–Crippen LogP) is 1.15. The van der Waals surface area contributed by atoms with Crippen molar-refractivity contribution in [3.8, 4) is 0 Å². The van der Waals surface area contributed by atoms with E-state index < -0.39 is 0 Å². The van der Waals surface area contributed by atoms with Gasteiger partial charge in [-0.05, 0) is 31.9 Å². The summed E-state index contributed by atoms with van der Waals surface area (Å²) in [5.74, 6) is -0.360. The minimum atomic E-state index is -0.360. The van der Waals surface area contributed by atoms with Gasteiger partial charge in [0.1, 0.15) is 0 Å². The summed E-state index contributed by atoms with van der Waals surface area (Å²) in [5.41, 5.74) is 7.06. The molecule has 0 aliphatic heterocycles. The Balaban J connectivity index is 2.60. The molecule has 15 heavy (non-hydrogen) atoms. The van der Waals surface area contributed by atoms with Gasteiger partial charge in [0.2, 0.25) is 0 Å². The lowest BCUT2D eigenvalue weighted by Crippen LogP contribution is -2.15. The zero-order valence-electron chi connectivity index (χ0n) is 9.06. The lowest BCUT2D eigenvalue weighted by atomic mass is 10.1. The van der Waals surface area contributed by atoms with Crippen LogP contribution in [0.15, 0.2) is 18.3 Å². The van der Waals surface area contributed by atoms with Gasteiger partial charge in [0.05, 0.1) is 12.7 Å². The Morgan fingerprint density at radius 2 is 2.33 bits per heavy atom. The average molecular weight is 208 g/mol. The first-order chi connectivity index (χ1) is 7.13. The Morgan fingerprint density at radius 3 is 2.80 bits per heavy atom. The van der Waals surface area contributed by atoms with Crippen LogP contribution in [0.3, 0.4) is 0 Å². The van der Waals surface area contributed by atoms with Gasteiger partial charge < -0.3 is 10.5 Å². The second-order valence-electron chi connectivity index (χ2n) is 3.55. The van der Waals surface area contributed by atoms with E-state index in [0.717, 1.165) is 18.5 Å². The molecule has 0 aliphatic rings. The van der Waals surface area contributed by atoms with E-state index in [-0.39, 0.29) is 12.0 Å². The van der Waals surface area contributed by atoms with Crippen LogP contribution >= 0.6 is 0 Å². The number of aryl methyl sites for hydroxylation is 1. The summed E-state index contributed by atoms with van der Waals surface area (Å²) < 4.78 is 4.58. The standard InChI is InChI=1S/C11H16N2O2/c1-8(12)3-5-10-6-4-9(7-13-10)11(14)15-2/h4,6-8H,3,5,12H2,1-2H3/t8-/m1/s1. The summed E-state index contributed by atoms with van der Waals surface area (Å²) in [7, 11) is 1.35. The predicted molar refractivity (Wildman–Crippen MR) is 57.5 cm³/mol. The SMILES string of the molecule is COC(=O)c1ccc(CC[C@@H](C)N)nc1. The van der Waals surface area contributed by atoms with Crippen molar-refractivity contribution < 1.29 is 9.53 Å². The lowest BCUT2D eigenvalue weighted by molar-refractivity contribution is 0.0600. The zero-order valence-corrected chi connectivity index (χ0v) is 9.06. The molecular weight excluding hydrogens is 192 g/mol. The van der Waals surface area contributed by atoms with Crippen molar-refractivity contribution in [2.45, 2.75) is 25.8 Å². The monoisotopic (exact) mass is 208 g/mol. The van der Waals surface area contributed by atoms with Crippen LogP contribution in [0.2, 0.25) is 0 Å². The van der Waals surface area contributed by atoms with Crippen LogP contribution in [-0.2, 0) is 11.2 Å². The second-order valence-corrected chi connectivity index (χ2v) is 3.55. The molecule has 0 fully saturated rings. The van der Waals surface area contributed by atoms with Gasteiger partial charge in [-0.3, -0.25) is 4.98 Å². The largest absolute Gasteiger partial charge is 0.465 e. The molecule has 0 bridgehead atoms. The van der Waals surface area contributed by atoms with E-state index in [1.807, 2.05) is 13.0 Å². The van der Waals surface area contributed by atoms with Crippen molar-refractivity contribution in [3.05, 3.63) is 29.6 Å². The number of esters is 1. The summed E-state index contributed by atoms with van der Waals surface area (Å²) >= 11 is 0. The lowest BCUT2D eigenvalue weighted by Gasteiger charge is -2.04. The van der Waals surface area contributed by atoms with E-state index in [9.17, 15) is 4.79 Å². The highest BCUT2D eigenvalue weighted by atomic mass is 16.5. The fraction of sp³-hybridized carbons (Fsp3) is 0.455. The fourth-order valence-corrected chi connectivity index (χ4v) is 1.19. The zero-order chi connectivity index (χ0) is 11.3. The summed E-state index contributed by atoms with van der Waals surface area (Å²) in [5, 5.41) is 0. The molecule has 0 saturated carbocycles. The van der Waals surface area contributed by atoms with E-state index in [1.165, 1.54) is 13.3 Å². The van der Waals surface area contributed by atoms with Crippen LogP contribution in [0.1, 0.15) is 29.4 Å². The first-order valence-corrected chi connectivity index (χ1v) is 4.92. The molecule has 1 atom stereocenters. The first kappa shape index (κ1) is 11.7. The summed E-state index contributed by atoms with van der Waals surface area (Å²) in [6.07, 6.45) is 3.26. The third-order valence-corrected chi connectivity index (χ3v) is 2.10. The quantitative estimate of drug-likeness (QED) is 0.754. The number of methoxy groups -OCH3 is 1. The molecule has 1 aromatic rings. The molecule has 4 heteroatoms. The number of pyridine rings is 1. The van der Waals surface area contributed by atoms with E-state index in [0.29, 0.717) is 5.56 Å². The molecule has 0 amide bonds. The Morgan fingerprint density at radius 1 is 1.60 bits per heavy atom. The van der Waals surface area contributed by atoms with Crippen LogP contribution < -0.4 is 5.73 Å². The molecule has 1 heterocycles. The van der Waals surface area contributed by atoms with Crippen LogP contribution in [0.4, 0.5) is 0 Å². The van der Waals surface area contributed by atoms with Crippen LogP contribution in [0, 0.1) is 0 Å². The topological polar surface area (TPSA) is 65.2 Å². The average Bonchev–Trinajstić information content (AvgIpc) is 2.26. The van der Waals surface area contributed by atoms with Crippen LogP contribution in [0.25, 0.3) is 0 Å². The summed E-state index contributed by atoms with van der Waals surface area (Å²) in [6.45, 7) is 1.96. The number of hydrogen-bond acceptors (Lipinski definition) is 4. The first-order valence-electron chi connectivity index (χ1n) is 4.92. The number of ether oxygens (including phenoxy) is 1. The Bertz CT molecular complexity index is 320. The van der Waals surface area contributed by atoms with Gasteiger partial charge in [0.25, 0.3) is 0 Å². The molecule has 0 spiro atoms. The minimum Gasteiger partial charge on any atom is -0.465 e. The van der Waals surface area contributed by atoms with Crippen molar-refractivity contribution in [3.63, 3.8) is 0 Å². The number of nitrogens with two attached hydrogens (primary N) is 1. The summed E-state index contributed by atoms with van der Waals surface area (Å²) in [4.78, 5) is 15.3. The number of rotatable bonds is 4. The van der Waals surface area contributed by atoms with Crippen molar-refractivity contribution >= 4 is 5.97 Å². The molecule has 0 radical (unpaired) electrons. The number of nitrogens with zero attached hydrogens (tertiary/aromatic N) is 1. The van der Waals surface area contributed by atoms with Crippen molar-refractivity contribution in [1.29, 1.82) is 0 Å². The van der Waals surface area contributed by atoms with Crippen molar-refractivity contribution in [2.75, 3.05) is 7.11 Å². The highest BCUT2D eigenvalue weighted by molar-refractivity contribution is 5.88. The molecular formula is C11H16N2O2. The van der Waals surface area contributed by atoms with Gasteiger partial charge in [-0.15, -0.1) is 0 Å². The van der Waals surface area contributed by atoms with Crippen LogP contribution in [0.5, 0.6) is 0 Å². The molecule has 0 aromatic carbocycles. The van der Waals surface area contributed by atoms with Gasteiger partial charge >= 0.3 is 5.97 Å². The van der Waals surface area contributed by atoms with E-state index >= 15 is 0 Å². The Kier molecular flexibility index (Phi) is 4.24. The number of hydrogen-bond donors (Lipinski definition) is 1. The fourth-order valence-electron chi connectivity index (χ4n) is 1.19. The van der Waals surface area contributed by atoms with Crippen molar-refractivity contribution in [1.82, 2.24) is 4.98 Å². The maximum atomic E-state index is 11.1. The van der Waals surface area contributed by atoms with Gasteiger partial charge in [-0.2, -0.15) is 0 Å². The molecule has 0 unspecified atom stereocenters. The van der Waals surface area contributed by atoms with Gasteiger partial charge in [-0.25, -0.2) is 4.79 Å². The molecule has 2 N–H and O–H groups in total. The normalized spacial score (nSPS) is 12.2. The molecule has 0 aliphatic carbocycles. The number of carbonyl (C=O) groups is 1. The third kappa shape index (κ3) is 3.67. The highest BCUT2D eigenvalue weighted by Gasteiger charge is 2.05. The van der Waals surface area contributed by atoms with Gasteiger partial charge in [-0.1, -0.05) is 0 Å². The summed E-state index contributed by atoms with van der Waals surface area (Å²) in [6, 6.07) is 3.72.